The molecular formula is C17H25F3N2O2. The Hall–Kier alpha value is -1.76. The summed E-state index contributed by atoms with van der Waals surface area (Å²) in [6, 6.07) is 3.58. The summed E-state index contributed by atoms with van der Waals surface area (Å²) in [6.45, 7) is 5.57. The van der Waals surface area contributed by atoms with Crippen LogP contribution >= 0.6 is 0 Å². The van der Waals surface area contributed by atoms with Gasteiger partial charge in [-0.25, -0.2) is 0 Å². The van der Waals surface area contributed by atoms with E-state index < -0.39 is 12.8 Å². The Labute approximate surface area is 141 Å². The lowest BCUT2D eigenvalue weighted by atomic mass is 10.1. The highest BCUT2D eigenvalue weighted by molar-refractivity contribution is 5.77. The summed E-state index contributed by atoms with van der Waals surface area (Å²) in [5.41, 5.74) is 2.23. The van der Waals surface area contributed by atoms with Crippen molar-refractivity contribution in [3.8, 4) is 5.75 Å². The van der Waals surface area contributed by atoms with E-state index in [4.69, 9.17) is 4.74 Å². The van der Waals surface area contributed by atoms with Crippen LogP contribution in [0.3, 0.4) is 0 Å². The number of nitrogens with one attached hydrogen (secondary N) is 1. The number of hydrogen-bond donors (Lipinski definition) is 1. The smallest absolute Gasteiger partial charge is 0.422 e. The first-order valence-corrected chi connectivity index (χ1v) is 7.87. The van der Waals surface area contributed by atoms with E-state index in [1.807, 2.05) is 18.9 Å². The van der Waals surface area contributed by atoms with E-state index in [0.717, 1.165) is 12.0 Å². The molecule has 0 heterocycles. The van der Waals surface area contributed by atoms with Crippen molar-refractivity contribution in [2.75, 3.05) is 26.7 Å². The van der Waals surface area contributed by atoms with Crippen molar-refractivity contribution in [3.63, 3.8) is 0 Å². The third-order valence-electron chi connectivity index (χ3n) is 3.34. The monoisotopic (exact) mass is 346 g/mol. The molecule has 0 unspecified atom stereocenters. The molecule has 24 heavy (non-hydrogen) atoms. The van der Waals surface area contributed by atoms with Gasteiger partial charge in [-0.05, 0) is 44.0 Å². The van der Waals surface area contributed by atoms with Crippen LogP contribution in [0.2, 0.25) is 0 Å². The number of carbonyl (C=O) groups is 1. The van der Waals surface area contributed by atoms with E-state index in [-0.39, 0.29) is 18.2 Å². The first kappa shape index (κ1) is 20.3. The van der Waals surface area contributed by atoms with Crippen LogP contribution in [0.4, 0.5) is 13.2 Å². The summed E-state index contributed by atoms with van der Waals surface area (Å²) in [4.78, 5) is 13.5. The summed E-state index contributed by atoms with van der Waals surface area (Å²) < 4.78 is 41.8. The van der Waals surface area contributed by atoms with Crippen molar-refractivity contribution in [2.24, 2.45) is 0 Å². The summed E-state index contributed by atoms with van der Waals surface area (Å²) >= 11 is 0. The molecule has 0 fully saturated rings. The minimum Gasteiger partial charge on any atom is -0.484 e. The highest BCUT2D eigenvalue weighted by Crippen LogP contribution is 2.27. The van der Waals surface area contributed by atoms with Gasteiger partial charge in [-0.2, -0.15) is 13.2 Å². The van der Waals surface area contributed by atoms with Gasteiger partial charge >= 0.3 is 6.18 Å². The molecule has 0 bridgehead atoms. The standard InChI is InChI=1S/C17H25F3N2O2/c1-5-6-21-15(23)10-22(4)9-14-7-12(2)16(13(3)8-14)24-11-17(18,19)20/h7-8H,5-6,9-11H2,1-4H3,(H,21,23). The van der Waals surface area contributed by atoms with Crippen LogP contribution in [0.5, 0.6) is 5.75 Å². The molecule has 1 aromatic rings. The second-order valence-corrected chi connectivity index (χ2v) is 5.98. The van der Waals surface area contributed by atoms with Crippen LogP contribution in [-0.2, 0) is 11.3 Å². The Morgan fingerprint density at radius 2 is 1.83 bits per heavy atom. The highest BCUT2D eigenvalue weighted by Gasteiger charge is 2.29. The number of nitrogens with zero attached hydrogens (tertiary/aromatic N) is 1. The van der Waals surface area contributed by atoms with Crippen molar-refractivity contribution in [1.82, 2.24) is 10.2 Å². The zero-order valence-electron chi connectivity index (χ0n) is 14.6. The number of amides is 1. The first-order chi connectivity index (χ1) is 11.1. The predicted molar refractivity (Wildman–Crippen MR) is 87.1 cm³/mol. The molecule has 0 aliphatic heterocycles. The van der Waals surface area contributed by atoms with Gasteiger partial charge in [-0.15, -0.1) is 0 Å². The Morgan fingerprint density at radius 1 is 1.25 bits per heavy atom. The van der Waals surface area contributed by atoms with E-state index in [1.54, 1.807) is 26.0 Å². The minimum absolute atomic E-state index is 0.0436. The second-order valence-electron chi connectivity index (χ2n) is 5.98. The summed E-state index contributed by atoms with van der Waals surface area (Å²) in [5, 5.41) is 2.80. The molecule has 0 saturated heterocycles. The van der Waals surface area contributed by atoms with E-state index in [1.165, 1.54) is 0 Å². The van der Waals surface area contributed by atoms with E-state index >= 15 is 0 Å². The van der Waals surface area contributed by atoms with Gasteiger partial charge in [-0.1, -0.05) is 19.1 Å². The van der Waals surface area contributed by atoms with Crippen molar-refractivity contribution < 1.29 is 22.7 Å². The highest BCUT2D eigenvalue weighted by atomic mass is 19.4. The number of rotatable bonds is 8. The number of halogens is 3. The van der Waals surface area contributed by atoms with Crippen LogP contribution in [0.15, 0.2) is 12.1 Å². The van der Waals surface area contributed by atoms with Gasteiger partial charge < -0.3 is 10.1 Å². The number of alkyl halides is 3. The number of aryl methyl sites for hydroxylation is 2. The third-order valence-corrected chi connectivity index (χ3v) is 3.34. The van der Waals surface area contributed by atoms with Gasteiger partial charge in [0.05, 0.1) is 6.54 Å². The number of ether oxygens (including phenoxy) is 1. The quantitative estimate of drug-likeness (QED) is 0.786. The molecule has 4 nitrogen and oxygen atoms in total. The Morgan fingerprint density at radius 3 is 2.33 bits per heavy atom. The second kappa shape index (κ2) is 8.92. The van der Waals surface area contributed by atoms with Crippen molar-refractivity contribution in [2.45, 2.75) is 39.9 Å². The fraction of sp³-hybridized carbons (Fsp3) is 0.588. The SMILES string of the molecule is CCCNC(=O)CN(C)Cc1cc(C)c(OCC(F)(F)F)c(C)c1. The predicted octanol–water partition coefficient (Wildman–Crippen LogP) is 3.20. The fourth-order valence-electron chi connectivity index (χ4n) is 2.45. The first-order valence-electron chi connectivity index (χ1n) is 7.87. The van der Waals surface area contributed by atoms with E-state index in [2.05, 4.69) is 5.32 Å². The fourth-order valence-corrected chi connectivity index (χ4v) is 2.45. The lowest BCUT2D eigenvalue weighted by Crippen LogP contribution is -2.35. The maximum absolute atomic E-state index is 12.3. The van der Waals surface area contributed by atoms with Crippen LogP contribution in [0.1, 0.15) is 30.0 Å². The van der Waals surface area contributed by atoms with Gasteiger partial charge in [-0.3, -0.25) is 9.69 Å². The molecule has 1 rings (SSSR count). The van der Waals surface area contributed by atoms with Crippen LogP contribution in [0, 0.1) is 13.8 Å². The zero-order chi connectivity index (χ0) is 18.3. The molecule has 136 valence electrons. The average Bonchev–Trinajstić information content (AvgIpc) is 2.42. The normalized spacial score (nSPS) is 11.7. The molecule has 0 spiro atoms. The number of carbonyl (C=O) groups excluding carboxylic acids is 1. The van der Waals surface area contributed by atoms with Crippen molar-refractivity contribution in [1.29, 1.82) is 0 Å². The third kappa shape index (κ3) is 7.21. The molecule has 7 heteroatoms. The van der Waals surface area contributed by atoms with Crippen LogP contribution in [-0.4, -0.2) is 43.7 Å². The number of hydrogen-bond acceptors (Lipinski definition) is 3. The van der Waals surface area contributed by atoms with Crippen LogP contribution in [0.25, 0.3) is 0 Å². The van der Waals surface area contributed by atoms with Crippen molar-refractivity contribution >= 4 is 5.91 Å². The largest absolute Gasteiger partial charge is 0.484 e. The molecule has 1 N–H and O–H groups in total. The number of benzene rings is 1. The molecule has 0 aliphatic carbocycles. The molecule has 0 aliphatic rings. The maximum Gasteiger partial charge on any atom is 0.422 e. The van der Waals surface area contributed by atoms with Gasteiger partial charge in [0, 0.05) is 13.1 Å². The lowest BCUT2D eigenvalue weighted by molar-refractivity contribution is -0.153. The van der Waals surface area contributed by atoms with Gasteiger partial charge in [0.2, 0.25) is 5.91 Å². The Kier molecular flexibility index (Phi) is 7.54. The van der Waals surface area contributed by atoms with E-state index in [0.29, 0.717) is 24.2 Å². The molecule has 0 radical (unpaired) electrons. The van der Waals surface area contributed by atoms with Crippen molar-refractivity contribution in [3.05, 3.63) is 28.8 Å². The average molecular weight is 346 g/mol. The zero-order valence-corrected chi connectivity index (χ0v) is 14.6. The van der Waals surface area contributed by atoms with Crippen LogP contribution < -0.4 is 10.1 Å². The molecule has 0 atom stereocenters. The summed E-state index contributed by atoms with van der Waals surface area (Å²) in [7, 11) is 1.82. The van der Waals surface area contributed by atoms with Gasteiger partial charge in [0.15, 0.2) is 6.61 Å². The molecule has 0 saturated carbocycles. The molecule has 1 aromatic carbocycles. The molecule has 1 amide bonds. The summed E-state index contributed by atoms with van der Waals surface area (Å²) in [5.74, 6) is 0.220. The maximum atomic E-state index is 12.3. The molecular weight excluding hydrogens is 321 g/mol. The molecule has 0 aromatic heterocycles. The topological polar surface area (TPSA) is 41.6 Å². The van der Waals surface area contributed by atoms with E-state index in [9.17, 15) is 18.0 Å². The lowest BCUT2D eigenvalue weighted by Gasteiger charge is -2.19. The summed E-state index contributed by atoms with van der Waals surface area (Å²) in [6.07, 6.45) is -3.48. The Bertz CT molecular complexity index is 536. The van der Waals surface area contributed by atoms with Gasteiger partial charge in [0.1, 0.15) is 5.75 Å². The Balaban J connectivity index is 2.69. The number of likely N-dealkylation sites (N-methyl/N-ethyl adjacent to an activating group) is 1. The van der Waals surface area contributed by atoms with Gasteiger partial charge in [0.25, 0.3) is 0 Å². The minimum atomic E-state index is -4.36.